The summed E-state index contributed by atoms with van der Waals surface area (Å²) < 4.78 is 51.0. The first-order chi connectivity index (χ1) is 12.6. The quantitative estimate of drug-likeness (QED) is 0.559. The van der Waals surface area contributed by atoms with E-state index in [2.05, 4.69) is 16.2 Å². The van der Waals surface area contributed by atoms with Crippen molar-refractivity contribution in [3.8, 4) is 0 Å². The fourth-order valence-corrected chi connectivity index (χ4v) is 2.26. The minimum Gasteiger partial charge on any atom is -0.330 e. The molecule has 0 aliphatic carbocycles. The van der Waals surface area contributed by atoms with Gasteiger partial charge in [-0.1, -0.05) is 24.3 Å². The summed E-state index contributed by atoms with van der Waals surface area (Å²) in [5, 5.41) is 2.42. The first-order valence-electron chi connectivity index (χ1n) is 7.92. The largest absolute Gasteiger partial charge is 0.416 e. The monoisotopic (exact) mass is 383 g/mol. The van der Waals surface area contributed by atoms with Crippen LogP contribution in [0.4, 0.5) is 22.4 Å². The standard InChI is InChI=1S/C18H17F4N3O2/c1-11(13-3-2-4-14(10-13)18(20,21)22)23-17(27)25-24-16(26)9-12-5-7-15(19)8-6-12/h2-8,10-11H,9H2,1H3,(H,24,26)(H2,23,25,27). The van der Waals surface area contributed by atoms with E-state index in [1.165, 1.54) is 43.3 Å². The van der Waals surface area contributed by atoms with Gasteiger partial charge in [-0.25, -0.2) is 14.6 Å². The van der Waals surface area contributed by atoms with Crippen molar-refractivity contribution >= 4 is 11.9 Å². The Labute approximate surface area is 152 Å². The van der Waals surface area contributed by atoms with E-state index in [-0.39, 0.29) is 12.0 Å². The third-order valence-electron chi connectivity index (χ3n) is 3.65. The molecule has 2 aromatic rings. The number of amides is 3. The molecule has 0 radical (unpaired) electrons. The van der Waals surface area contributed by atoms with Gasteiger partial charge in [-0.15, -0.1) is 0 Å². The van der Waals surface area contributed by atoms with Crippen molar-refractivity contribution < 1.29 is 27.2 Å². The van der Waals surface area contributed by atoms with Crippen LogP contribution in [0.3, 0.4) is 0 Å². The molecule has 3 N–H and O–H groups in total. The average Bonchev–Trinajstić information content (AvgIpc) is 2.61. The molecule has 0 aliphatic heterocycles. The van der Waals surface area contributed by atoms with Crippen molar-refractivity contribution in [1.82, 2.24) is 16.2 Å². The van der Waals surface area contributed by atoms with Gasteiger partial charge in [0.15, 0.2) is 0 Å². The molecule has 0 fully saturated rings. The fourth-order valence-electron chi connectivity index (χ4n) is 2.26. The lowest BCUT2D eigenvalue weighted by Gasteiger charge is -2.17. The van der Waals surface area contributed by atoms with E-state index in [0.717, 1.165) is 12.1 Å². The Morgan fingerprint density at radius 2 is 1.70 bits per heavy atom. The number of hydrogen-bond acceptors (Lipinski definition) is 2. The van der Waals surface area contributed by atoms with E-state index in [1.54, 1.807) is 0 Å². The highest BCUT2D eigenvalue weighted by molar-refractivity contribution is 5.82. The molecule has 27 heavy (non-hydrogen) atoms. The lowest BCUT2D eigenvalue weighted by atomic mass is 10.1. The second-order valence-electron chi connectivity index (χ2n) is 5.79. The van der Waals surface area contributed by atoms with Crippen molar-refractivity contribution in [2.45, 2.75) is 25.6 Å². The number of nitrogens with one attached hydrogen (secondary N) is 3. The maximum Gasteiger partial charge on any atom is 0.416 e. The predicted octanol–water partition coefficient (Wildman–Crippen LogP) is 3.48. The van der Waals surface area contributed by atoms with Crippen molar-refractivity contribution in [3.05, 3.63) is 71.0 Å². The highest BCUT2D eigenvalue weighted by atomic mass is 19.4. The van der Waals surface area contributed by atoms with Crippen molar-refractivity contribution in [2.75, 3.05) is 0 Å². The zero-order chi connectivity index (χ0) is 20.0. The van der Waals surface area contributed by atoms with E-state index in [0.29, 0.717) is 5.56 Å². The second kappa shape index (κ2) is 8.52. The van der Waals surface area contributed by atoms with Crippen LogP contribution in [-0.2, 0) is 17.4 Å². The van der Waals surface area contributed by atoms with E-state index in [4.69, 9.17) is 0 Å². The molecule has 0 bridgehead atoms. The Kier molecular flexibility index (Phi) is 6.38. The van der Waals surface area contributed by atoms with Gasteiger partial charge in [0.25, 0.3) is 0 Å². The van der Waals surface area contributed by atoms with Crippen LogP contribution in [0.25, 0.3) is 0 Å². The lowest BCUT2D eigenvalue weighted by molar-refractivity contribution is -0.137. The molecule has 0 saturated carbocycles. The third-order valence-corrected chi connectivity index (χ3v) is 3.65. The first-order valence-corrected chi connectivity index (χ1v) is 7.92. The molecule has 0 aliphatic rings. The molecule has 144 valence electrons. The van der Waals surface area contributed by atoms with Gasteiger partial charge in [-0.05, 0) is 42.3 Å². The van der Waals surface area contributed by atoms with Crippen LogP contribution >= 0.6 is 0 Å². The number of hydrazine groups is 1. The molecular formula is C18H17F4N3O2. The number of alkyl halides is 3. The molecule has 5 nitrogen and oxygen atoms in total. The van der Waals surface area contributed by atoms with E-state index < -0.39 is 35.5 Å². The molecule has 1 unspecified atom stereocenters. The molecule has 2 aromatic carbocycles. The van der Waals surface area contributed by atoms with E-state index in [1.807, 2.05) is 0 Å². The summed E-state index contributed by atoms with van der Waals surface area (Å²) in [5.41, 5.74) is 4.27. The SMILES string of the molecule is CC(NC(=O)NNC(=O)Cc1ccc(F)cc1)c1cccc(C(F)(F)F)c1. The van der Waals surface area contributed by atoms with Crippen molar-refractivity contribution in [2.24, 2.45) is 0 Å². The van der Waals surface area contributed by atoms with Gasteiger partial charge >= 0.3 is 12.2 Å². The zero-order valence-electron chi connectivity index (χ0n) is 14.2. The number of hydrogen-bond donors (Lipinski definition) is 3. The Morgan fingerprint density at radius 1 is 1.04 bits per heavy atom. The zero-order valence-corrected chi connectivity index (χ0v) is 14.2. The van der Waals surface area contributed by atoms with Crippen LogP contribution in [0.15, 0.2) is 48.5 Å². The van der Waals surface area contributed by atoms with Gasteiger partial charge in [0.2, 0.25) is 5.91 Å². The molecule has 0 spiro atoms. The molecule has 3 amide bonds. The first kappa shape index (κ1) is 20.2. The average molecular weight is 383 g/mol. The number of halogens is 4. The fraction of sp³-hybridized carbons (Fsp3) is 0.222. The van der Waals surface area contributed by atoms with Crippen molar-refractivity contribution in [3.63, 3.8) is 0 Å². The number of rotatable bonds is 4. The summed E-state index contributed by atoms with van der Waals surface area (Å²) >= 11 is 0. The Balaban J connectivity index is 1.84. The van der Waals surface area contributed by atoms with Crippen LogP contribution in [0.1, 0.15) is 29.7 Å². The summed E-state index contributed by atoms with van der Waals surface area (Å²) in [6, 6.07) is 8.36. The minimum atomic E-state index is -4.48. The van der Waals surface area contributed by atoms with Crippen LogP contribution in [0, 0.1) is 5.82 Å². The molecule has 0 aromatic heterocycles. The minimum absolute atomic E-state index is 0.0796. The molecule has 1 atom stereocenters. The molecule has 9 heteroatoms. The third kappa shape index (κ3) is 6.28. The summed E-state index contributed by atoms with van der Waals surface area (Å²) in [4.78, 5) is 23.5. The van der Waals surface area contributed by atoms with Gasteiger partial charge < -0.3 is 5.32 Å². The number of carbonyl (C=O) groups excluding carboxylic acids is 2. The highest BCUT2D eigenvalue weighted by Gasteiger charge is 2.30. The van der Waals surface area contributed by atoms with E-state index in [9.17, 15) is 27.2 Å². The maximum absolute atomic E-state index is 12.8. The summed E-state index contributed by atoms with van der Waals surface area (Å²) in [5.74, 6) is -0.969. The van der Waals surface area contributed by atoms with Crippen LogP contribution in [0.2, 0.25) is 0 Å². The van der Waals surface area contributed by atoms with Crippen molar-refractivity contribution in [1.29, 1.82) is 0 Å². The normalized spacial score (nSPS) is 12.2. The van der Waals surface area contributed by atoms with E-state index >= 15 is 0 Å². The van der Waals surface area contributed by atoms with Gasteiger partial charge in [0.1, 0.15) is 5.82 Å². The van der Waals surface area contributed by atoms with Crippen LogP contribution in [-0.4, -0.2) is 11.9 Å². The number of urea groups is 1. The second-order valence-corrected chi connectivity index (χ2v) is 5.79. The predicted molar refractivity (Wildman–Crippen MR) is 89.8 cm³/mol. The summed E-state index contributed by atoms with van der Waals surface area (Å²) in [7, 11) is 0. The molecule has 0 saturated heterocycles. The van der Waals surface area contributed by atoms with Gasteiger partial charge in [0, 0.05) is 0 Å². The van der Waals surface area contributed by atoms with Crippen LogP contribution < -0.4 is 16.2 Å². The molecular weight excluding hydrogens is 366 g/mol. The maximum atomic E-state index is 12.8. The molecule has 2 rings (SSSR count). The Morgan fingerprint density at radius 3 is 2.33 bits per heavy atom. The van der Waals surface area contributed by atoms with Gasteiger partial charge in [-0.3, -0.25) is 10.2 Å². The highest BCUT2D eigenvalue weighted by Crippen LogP contribution is 2.30. The Bertz CT molecular complexity index is 807. The molecule has 0 heterocycles. The topological polar surface area (TPSA) is 70.2 Å². The summed E-state index contributed by atoms with van der Waals surface area (Å²) in [6.45, 7) is 1.51. The smallest absolute Gasteiger partial charge is 0.330 e. The van der Waals surface area contributed by atoms with Gasteiger partial charge in [-0.2, -0.15) is 13.2 Å². The Hall–Kier alpha value is -3.10. The van der Waals surface area contributed by atoms with Crippen LogP contribution in [0.5, 0.6) is 0 Å². The lowest BCUT2D eigenvalue weighted by Crippen LogP contribution is -2.48. The number of carbonyl (C=O) groups is 2. The van der Waals surface area contributed by atoms with Gasteiger partial charge in [0.05, 0.1) is 18.0 Å². The summed E-state index contributed by atoms with van der Waals surface area (Å²) in [6.07, 6.45) is -4.56. The number of benzene rings is 2.